The largest absolute Gasteiger partial charge is 0.364 e. The fourth-order valence-electron chi connectivity index (χ4n) is 2.29. The smallest absolute Gasteiger partial charge is 0.276 e. The Morgan fingerprint density at radius 2 is 1.50 bits per heavy atom. The fraction of sp³-hybridized carbons (Fsp3) is 0.412. The molecule has 0 bridgehead atoms. The molecule has 0 fully saturated rings. The molecule has 4 nitrogen and oxygen atoms in total. The maximum atomic E-state index is 8.97. The molecule has 0 aliphatic carbocycles. The van der Waals surface area contributed by atoms with Crippen LogP contribution in [-0.4, -0.2) is 15.8 Å². The lowest BCUT2D eigenvalue weighted by molar-refractivity contribution is 0.931. The summed E-state index contributed by atoms with van der Waals surface area (Å²) in [5.74, 6) is 0.631. The third-order valence-corrected chi connectivity index (χ3v) is 3.41. The standard InChI is InChI=1S/C13H13BN4.2C2H6/c1-14(11-6-5-10(9-15)17(11)3)12-7-8-13(16-2)18(12)4;2*1-2/h5-8H,1,3-4H3;2*1-2H3. The van der Waals surface area contributed by atoms with E-state index in [-0.39, 0.29) is 6.71 Å². The van der Waals surface area contributed by atoms with Crippen LogP contribution in [-0.2, 0) is 14.1 Å². The van der Waals surface area contributed by atoms with Crippen molar-refractivity contribution >= 4 is 23.7 Å². The van der Waals surface area contributed by atoms with Crippen LogP contribution in [0.15, 0.2) is 24.3 Å². The second kappa shape index (κ2) is 9.52. The molecule has 2 aromatic rings. The quantitative estimate of drug-likeness (QED) is 0.620. The molecule has 0 radical (unpaired) electrons. The van der Waals surface area contributed by atoms with E-state index < -0.39 is 0 Å². The molecule has 0 N–H and O–H groups in total. The Balaban J connectivity index is 0.00000102. The number of nitrogens with zero attached hydrogens (tertiary/aromatic N) is 4. The van der Waals surface area contributed by atoms with E-state index in [1.807, 2.05) is 75.2 Å². The monoisotopic (exact) mass is 296 g/mol. The average Bonchev–Trinajstić information content (AvgIpc) is 3.13. The molecule has 22 heavy (non-hydrogen) atoms. The normalized spacial score (nSPS) is 8.59. The summed E-state index contributed by atoms with van der Waals surface area (Å²) in [5, 5.41) is 8.97. The summed E-state index contributed by atoms with van der Waals surface area (Å²) in [7, 11) is 3.79. The molecule has 0 atom stereocenters. The summed E-state index contributed by atoms with van der Waals surface area (Å²) in [6.45, 7) is 17.3. The Labute approximate surface area is 134 Å². The number of hydrogen-bond acceptors (Lipinski definition) is 1. The molecule has 0 amide bonds. The summed E-state index contributed by atoms with van der Waals surface area (Å²) in [5.41, 5.74) is 2.80. The first-order valence-corrected chi connectivity index (χ1v) is 7.69. The van der Waals surface area contributed by atoms with Gasteiger partial charge in [0.25, 0.3) is 6.71 Å². The van der Waals surface area contributed by atoms with Crippen molar-refractivity contribution in [3.63, 3.8) is 0 Å². The molecule has 0 aromatic carbocycles. The third-order valence-electron chi connectivity index (χ3n) is 3.41. The van der Waals surface area contributed by atoms with Crippen molar-refractivity contribution in [3.05, 3.63) is 41.4 Å². The van der Waals surface area contributed by atoms with E-state index in [0.717, 1.165) is 11.2 Å². The molecule has 0 unspecified atom stereocenters. The van der Waals surface area contributed by atoms with Gasteiger partial charge in [-0.05, 0) is 29.9 Å². The van der Waals surface area contributed by atoms with Crippen LogP contribution in [0.2, 0.25) is 6.82 Å². The van der Waals surface area contributed by atoms with Crippen molar-refractivity contribution in [2.45, 2.75) is 34.5 Å². The third kappa shape index (κ3) is 3.83. The SMILES string of the molecule is CC.CC.[C-]#[N+]c1ccc(B(C)c2ccc(C#N)n2C)n1C. The Morgan fingerprint density at radius 3 is 1.91 bits per heavy atom. The minimum atomic E-state index is 0.151. The van der Waals surface area contributed by atoms with E-state index in [9.17, 15) is 0 Å². The predicted molar refractivity (Wildman–Crippen MR) is 95.4 cm³/mol. The van der Waals surface area contributed by atoms with Crippen LogP contribution in [0.4, 0.5) is 5.82 Å². The molecular weight excluding hydrogens is 271 g/mol. The van der Waals surface area contributed by atoms with Crippen LogP contribution in [0.1, 0.15) is 33.4 Å². The van der Waals surface area contributed by atoms with E-state index >= 15 is 0 Å². The average molecular weight is 296 g/mol. The molecule has 0 saturated carbocycles. The summed E-state index contributed by atoms with van der Waals surface area (Å²) in [4.78, 5) is 3.46. The van der Waals surface area contributed by atoms with Crippen molar-refractivity contribution in [2.75, 3.05) is 0 Å². The molecule has 2 aromatic heterocycles. The van der Waals surface area contributed by atoms with Gasteiger partial charge in [-0.2, -0.15) is 5.26 Å². The van der Waals surface area contributed by atoms with Crippen molar-refractivity contribution in [1.82, 2.24) is 9.13 Å². The minimum Gasteiger partial charge on any atom is -0.364 e. The first kappa shape index (κ1) is 19.6. The van der Waals surface area contributed by atoms with Gasteiger partial charge in [-0.1, -0.05) is 41.1 Å². The van der Waals surface area contributed by atoms with E-state index in [1.54, 1.807) is 0 Å². The van der Waals surface area contributed by atoms with E-state index in [4.69, 9.17) is 11.8 Å². The van der Waals surface area contributed by atoms with Gasteiger partial charge < -0.3 is 14.0 Å². The number of rotatable bonds is 2. The van der Waals surface area contributed by atoms with Crippen LogP contribution >= 0.6 is 0 Å². The fourth-order valence-corrected chi connectivity index (χ4v) is 2.29. The van der Waals surface area contributed by atoms with Crippen LogP contribution in [0, 0.1) is 17.9 Å². The number of aromatic nitrogens is 2. The molecule has 0 spiro atoms. The Kier molecular flexibility index (Phi) is 8.49. The van der Waals surface area contributed by atoms with Crippen molar-refractivity contribution in [2.24, 2.45) is 14.1 Å². The summed E-state index contributed by atoms with van der Waals surface area (Å²) in [6, 6.07) is 9.75. The summed E-state index contributed by atoms with van der Waals surface area (Å²) < 4.78 is 3.80. The Bertz CT molecular complexity index is 610. The zero-order valence-corrected chi connectivity index (χ0v) is 14.7. The van der Waals surface area contributed by atoms with E-state index in [1.165, 1.54) is 0 Å². The molecule has 5 heteroatoms. The zero-order chi connectivity index (χ0) is 17.3. The summed E-state index contributed by atoms with van der Waals surface area (Å²) >= 11 is 0. The lowest BCUT2D eigenvalue weighted by atomic mass is 9.46. The first-order chi connectivity index (χ1) is 10.6. The van der Waals surface area contributed by atoms with Gasteiger partial charge in [0.05, 0.1) is 12.6 Å². The van der Waals surface area contributed by atoms with Crippen molar-refractivity contribution in [1.29, 1.82) is 5.26 Å². The maximum absolute atomic E-state index is 8.97. The van der Waals surface area contributed by atoms with Gasteiger partial charge in [0.2, 0.25) is 5.82 Å². The van der Waals surface area contributed by atoms with E-state index in [2.05, 4.69) is 17.7 Å². The highest BCUT2D eigenvalue weighted by molar-refractivity contribution is 6.83. The highest BCUT2D eigenvalue weighted by atomic mass is 15.0. The van der Waals surface area contributed by atoms with Gasteiger partial charge in [0.1, 0.15) is 11.8 Å². The summed E-state index contributed by atoms with van der Waals surface area (Å²) in [6.07, 6.45) is 0. The molecule has 116 valence electrons. The van der Waals surface area contributed by atoms with Gasteiger partial charge in [-0.3, -0.25) is 0 Å². The Morgan fingerprint density at radius 1 is 1.00 bits per heavy atom. The molecule has 0 saturated heterocycles. The van der Waals surface area contributed by atoms with Crippen LogP contribution < -0.4 is 11.2 Å². The molecular formula is C17H25BN4. The van der Waals surface area contributed by atoms with Gasteiger partial charge in [0.15, 0.2) is 0 Å². The highest BCUT2D eigenvalue weighted by Crippen LogP contribution is 2.10. The van der Waals surface area contributed by atoms with Gasteiger partial charge in [-0.15, -0.1) is 0 Å². The second-order valence-corrected chi connectivity index (χ2v) is 4.32. The van der Waals surface area contributed by atoms with Gasteiger partial charge >= 0.3 is 0 Å². The minimum absolute atomic E-state index is 0.151. The molecule has 0 aliphatic heterocycles. The lowest BCUT2D eigenvalue weighted by Crippen LogP contribution is -2.45. The molecule has 2 heterocycles. The zero-order valence-electron chi connectivity index (χ0n) is 14.7. The Hall–Kier alpha value is -2.40. The highest BCUT2D eigenvalue weighted by Gasteiger charge is 2.23. The first-order valence-electron chi connectivity index (χ1n) is 7.69. The van der Waals surface area contributed by atoms with Crippen LogP contribution in [0.3, 0.4) is 0 Å². The van der Waals surface area contributed by atoms with Gasteiger partial charge in [0, 0.05) is 7.05 Å². The van der Waals surface area contributed by atoms with Crippen LogP contribution in [0.5, 0.6) is 0 Å². The van der Waals surface area contributed by atoms with Crippen LogP contribution in [0.25, 0.3) is 4.85 Å². The van der Waals surface area contributed by atoms with E-state index in [0.29, 0.717) is 11.5 Å². The lowest BCUT2D eigenvalue weighted by Gasteiger charge is -2.10. The maximum Gasteiger partial charge on any atom is 0.276 e. The second-order valence-electron chi connectivity index (χ2n) is 4.32. The number of nitriles is 1. The van der Waals surface area contributed by atoms with Crippen molar-refractivity contribution < 1.29 is 0 Å². The van der Waals surface area contributed by atoms with Crippen molar-refractivity contribution in [3.8, 4) is 6.07 Å². The number of hydrogen-bond donors (Lipinski definition) is 0. The predicted octanol–water partition coefficient (Wildman–Crippen LogP) is 3.08. The molecule has 0 aliphatic rings. The topological polar surface area (TPSA) is 38.0 Å². The molecule has 2 rings (SSSR count). The van der Waals surface area contributed by atoms with Gasteiger partial charge in [-0.25, -0.2) is 0 Å².